The van der Waals surface area contributed by atoms with Crippen molar-refractivity contribution in [3.05, 3.63) is 16.3 Å². The molecule has 1 aromatic rings. The van der Waals surface area contributed by atoms with Crippen LogP contribution in [0.25, 0.3) is 0 Å². The van der Waals surface area contributed by atoms with E-state index in [9.17, 15) is 0 Å². The summed E-state index contributed by atoms with van der Waals surface area (Å²) in [5, 5.41) is 2.07. The maximum atomic E-state index is 5.87. The summed E-state index contributed by atoms with van der Waals surface area (Å²) in [6, 6.07) is 2.00. The van der Waals surface area contributed by atoms with Gasteiger partial charge in [0, 0.05) is 10.6 Å². The fourth-order valence-corrected chi connectivity index (χ4v) is 2.62. The van der Waals surface area contributed by atoms with Crippen LogP contribution in [0.5, 0.6) is 0 Å². The summed E-state index contributed by atoms with van der Waals surface area (Å²) in [5.74, 6) is 0.583. The van der Waals surface area contributed by atoms with Gasteiger partial charge >= 0.3 is 0 Å². The Morgan fingerprint density at radius 2 is 2.08 bits per heavy atom. The molecule has 0 aliphatic rings. The average Bonchev–Trinajstić information content (AvgIpc) is 2.30. The maximum absolute atomic E-state index is 5.87. The van der Waals surface area contributed by atoms with Crippen LogP contribution in [0, 0.1) is 5.41 Å². The van der Waals surface area contributed by atoms with E-state index in [2.05, 4.69) is 33.1 Å². The molecule has 0 aliphatic heterocycles. The van der Waals surface area contributed by atoms with Crippen molar-refractivity contribution in [3.8, 4) is 0 Å². The first-order valence-electron chi connectivity index (χ1n) is 4.73. The largest absolute Gasteiger partial charge is 0.398 e. The molecule has 2 N–H and O–H groups in total. The fourth-order valence-electron chi connectivity index (χ4n) is 1.74. The molecule has 1 atom stereocenters. The summed E-state index contributed by atoms with van der Waals surface area (Å²) < 4.78 is 0. The van der Waals surface area contributed by atoms with Gasteiger partial charge in [-0.25, -0.2) is 0 Å². The molecule has 0 aliphatic carbocycles. The van der Waals surface area contributed by atoms with Gasteiger partial charge in [0.25, 0.3) is 0 Å². The summed E-state index contributed by atoms with van der Waals surface area (Å²) in [5.41, 5.74) is 7.22. The van der Waals surface area contributed by atoms with Gasteiger partial charge in [-0.1, -0.05) is 27.7 Å². The Bertz CT molecular complexity index is 270. The molecular weight excluding hydrogens is 178 g/mol. The number of hydrogen-bond acceptors (Lipinski definition) is 2. The van der Waals surface area contributed by atoms with Crippen molar-refractivity contribution in [1.29, 1.82) is 0 Å². The number of rotatable bonds is 2. The molecule has 0 radical (unpaired) electrons. The van der Waals surface area contributed by atoms with Gasteiger partial charge in [0.1, 0.15) is 0 Å². The molecule has 1 rings (SSSR count). The van der Waals surface area contributed by atoms with Gasteiger partial charge in [-0.3, -0.25) is 0 Å². The van der Waals surface area contributed by atoms with E-state index in [0.29, 0.717) is 11.3 Å². The van der Waals surface area contributed by atoms with Crippen LogP contribution in [-0.2, 0) is 0 Å². The van der Waals surface area contributed by atoms with E-state index < -0.39 is 0 Å². The van der Waals surface area contributed by atoms with Crippen LogP contribution in [0.3, 0.4) is 0 Å². The van der Waals surface area contributed by atoms with Crippen molar-refractivity contribution in [2.45, 2.75) is 40.0 Å². The Morgan fingerprint density at radius 1 is 1.46 bits per heavy atom. The minimum Gasteiger partial charge on any atom is -0.398 e. The summed E-state index contributed by atoms with van der Waals surface area (Å²) in [6.07, 6.45) is 1.19. The zero-order valence-corrected chi connectivity index (χ0v) is 9.74. The normalized spacial score (nSPS) is 14.5. The lowest BCUT2D eigenvalue weighted by Gasteiger charge is -2.22. The standard InChI is InChI=1S/C11H19NS/c1-8(7-11(2,3)4)10-9(12)5-6-13-10/h5-6,8H,7,12H2,1-4H3. The molecule has 0 saturated carbocycles. The molecule has 1 aromatic heterocycles. The molecule has 0 bridgehead atoms. The molecule has 1 unspecified atom stereocenters. The van der Waals surface area contributed by atoms with Crippen LogP contribution in [0.2, 0.25) is 0 Å². The van der Waals surface area contributed by atoms with E-state index in [1.54, 1.807) is 11.3 Å². The average molecular weight is 197 g/mol. The Labute approximate surface area is 85.0 Å². The number of hydrogen-bond donors (Lipinski definition) is 1. The van der Waals surface area contributed by atoms with Gasteiger partial charge in [-0.15, -0.1) is 11.3 Å². The molecule has 13 heavy (non-hydrogen) atoms. The first-order chi connectivity index (χ1) is 5.90. The predicted octanol–water partition coefficient (Wildman–Crippen LogP) is 3.87. The van der Waals surface area contributed by atoms with E-state index in [4.69, 9.17) is 5.73 Å². The zero-order valence-electron chi connectivity index (χ0n) is 8.92. The molecule has 0 fully saturated rings. The van der Waals surface area contributed by atoms with Crippen molar-refractivity contribution in [3.63, 3.8) is 0 Å². The lowest BCUT2D eigenvalue weighted by atomic mass is 9.85. The van der Waals surface area contributed by atoms with Gasteiger partial charge in [0.05, 0.1) is 0 Å². The van der Waals surface area contributed by atoms with Crippen LogP contribution < -0.4 is 5.73 Å². The number of nitrogen functional groups attached to an aromatic ring is 1. The Hall–Kier alpha value is -0.500. The number of thiophene rings is 1. The van der Waals surface area contributed by atoms with E-state index in [0.717, 1.165) is 5.69 Å². The highest BCUT2D eigenvalue weighted by molar-refractivity contribution is 7.10. The smallest absolute Gasteiger partial charge is 0.0458 e. The van der Waals surface area contributed by atoms with Gasteiger partial charge in [-0.05, 0) is 29.2 Å². The minimum absolute atomic E-state index is 0.385. The lowest BCUT2D eigenvalue weighted by molar-refractivity contribution is 0.351. The second kappa shape index (κ2) is 3.70. The van der Waals surface area contributed by atoms with E-state index >= 15 is 0 Å². The fraction of sp³-hybridized carbons (Fsp3) is 0.636. The first kappa shape index (κ1) is 10.6. The van der Waals surface area contributed by atoms with Crippen LogP contribution >= 0.6 is 11.3 Å². The van der Waals surface area contributed by atoms with Gasteiger partial charge in [0.15, 0.2) is 0 Å². The summed E-state index contributed by atoms with van der Waals surface area (Å²) in [4.78, 5) is 1.34. The third-order valence-electron chi connectivity index (χ3n) is 2.09. The van der Waals surface area contributed by atoms with Crippen molar-refractivity contribution >= 4 is 17.0 Å². The highest BCUT2D eigenvalue weighted by Gasteiger charge is 2.18. The SMILES string of the molecule is CC(CC(C)(C)C)c1sccc1N. The molecule has 1 heterocycles. The highest BCUT2D eigenvalue weighted by Crippen LogP contribution is 2.36. The van der Waals surface area contributed by atoms with Gasteiger partial charge < -0.3 is 5.73 Å². The Balaban J connectivity index is 2.69. The highest BCUT2D eigenvalue weighted by atomic mass is 32.1. The molecular formula is C11H19NS. The molecule has 74 valence electrons. The summed E-state index contributed by atoms with van der Waals surface area (Å²) in [7, 11) is 0. The molecule has 0 spiro atoms. The number of nitrogens with two attached hydrogens (primary N) is 1. The Morgan fingerprint density at radius 3 is 2.46 bits per heavy atom. The van der Waals surface area contributed by atoms with Crippen LogP contribution in [0.1, 0.15) is 44.9 Å². The maximum Gasteiger partial charge on any atom is 0.0458 e. The van der Waals surface area contributed by atoms with Crippen molar-refractivity contribution in [1.82, 2.24) is 0 Å². The van der Waals surface area contributed by atoms with E-state index in [1.165, 1.54) is 11.3 Å². The second-order valence-electron chi connectivity index (χ2n) is 4.91. The molecule has 2 heteroatoms. The van der Waals surface area contributed by atoms with Crippen molar-refractivity contribution < 1.29 is 0 Å². The van der Waals surface area contributed by atoms with Gasteiger partial charge in [-0.2, -0.15) is 0 Å². The lowest BCUT2D eigenvalue weighted by Crippen LogP contribution is -2.09. The van der Waals surface area contributed by atoms with Crippen LogP contribution in [0.15, 0.2) is 11.4 Å². The third-order valence-corrected chi connectivity index (χ3v) is 3.26. The molecule has 0 amide bonds. The third kappa shape index (κ3) is 3.03. The van der Waals surface area contributed by atoms with Crippen LogP contribution in [-0.4, -0.2) is 0 Å². The first-order valence-corrected chi connectivity index (χ1v) is 5.61. The van der Waals surface area contributed by atoms with E-state index in [-0.39, 0.29) is 0 Å². The predicted molar refractivity (Wildman–Crippen MR) is 61.2 cm³/mol. The van der Waals surface area contributed by atoms with E-state index in [1.807, 2.05) is 6.07 Å². The zero-order chi connectivity index (χ0) is 10.1. The minimum atomic E-state index is 0.385. The second-order valence-corrected chi connectivity index (χ2v) is 5.85. The van der Waals surface area contributed by atoms with Crippen LogP contribution in [0.4, 0.5) is 5.69 Å². The topological polar surface area (TPSA) is 26.0 Å². The summed E-state index contributed by atoms with van der Waals surface area (Å²) in [6.45, 7) is 9.07. The van der Waals surface area contributed by atoms with Crippen molar-refractivity contribution in [2.24, 2.45) is 5.41 Å². The summed E-state index contributed by atoms with van der Waals surface area (Å²) >= 11 is 1.77. The Kier molecular flexibility index (Phi) is 3.01. The molecule has 1 nitrogen and oxygen atoms in total. The molecule has 0 saturated heterocycles. The van der Waals surface area contributed by atoms with Crippen molar-refractivity contribution in [2.75, 3.05) is 5.73 Å². The number of anilines is 1. The quantitative estimate of drug-likeness (QED) is 0.765. The van der Waals surface area contributed by atoms with Gasteiger partial charge in [0.2, 0.25) is 0 Å². The molecule has 0 aromatic carbocycles. The monoisotopic (exact) mass is 197 g/mol.